The van der Waals surface area contributed by atoms with Crippen molar-refractivity contribution in [1.82, 2.24) is 10.5 Å². The van der Waals surface area contributed by atoms with E-state index in [9.17, 15) is 4.79 Å². The second-order valence-corrected chi connectivity index (χ2v) is 4.45. The van der Waals surface area contributed by atoms with Crippen molar-refractivity contribution in [3.05, 3.63) is 66.0 Å². The number of hydroxylamine groups is 1. The van der Waals surface area contributed by atoms with Gasteiger partial charge in [0.05, 0.1) is 11.6 Å². The second kappa shape index (κ2) is 7.91. The first kappa shape index (κ1) is 14.9. The molecular weight excluding hydrogens is 266 g/mol. The van der Waals surface area contributed by atoms with Gasteiger partial charge in [0, 0.05) is 25.7 Å². The van der Waals surface area contributed by atoms with Gasteiger partial charge in [0.25, 0.3) is 0 Å². The fourth-order valence-electron chi connectivity index (χ4n) is 1.84. The standard InChI is InChI=1S/C16H17N3O2/c1-17-12-15(10-13-6-3-2-4-7-13)19-21-16(20)14-8-5-9-18-11-14/h2-9,11-12,15,19H,10H2,1H3/t15-/m1/s1. The number of nitrogens with one attached hydrogen (secondary N) is 1. The summed E-state index contributed by atoms with van der Waals surface area (Å²) in [4.78, 5) is 24.8. The summed E-state index contributed by atoms with van der Waals surface area (Å²) in [6.45, 7) is 0. The number of carbonyl (C=O) groups excluding carboxylic acids is 1. The fraction of sp³-hybridized carbons (Fsp3) is 0.188. The van der Waals surface area contributed by atoms with Crippen molar-refractivity contribution >= 4 is 12.2 Å². The summed E-state index contributed by atoms with van der Waals surface area (Å²) < 4.78 is 0. The van der Waals surface area contributed by atoms with Crippen molar-refractivity contribution < 1.29 is 9.63 Å². The van der Waals surface area contributed by atoms with Gasteiger partial charge in [-0.15, -0.1) is 5.48 Å². The maximum absolute atomic E-state index is 11.8. The lowest BCUT2D eigenvalue weighted by Crippen LogP contribution is -2.34. The van der Waals surface area contributed by atoms with Crippen LogP contribution in [0.4, 0.5) is 0 Å². The van der Waals surface area contributed by atoms with Gasteiger partial charge in [-0.05, 0) is 24.1 Å². The molecule has 1 N–H and O–H groups in total. The number of benzene rings is 1. The molecule has 1 heterocycles. The van der Waals surface area contributed by atoms with Crippen LogP contribution in [-0.2, 0) is 11.3 Å². The molecule has 108 valence electrons. The third kappa shape index (κ3) is 4.81. The summed E-state index contributed by atoms with van der Waals surface area (Å²) >= 11 is 0. The van der Waals surface area contributed by atoms with Gasteiger partial charge in [-0.2, -0.15) is 0 Å². The van der Waals surface area contributed by atoms with Crippen molar-refractivity contribution in [2.24, 2.45) is 4.99 Å². The Hall–Kier alpha value is -2.53. The Morgan fingerprint density at radius 2 is 2.14 bits per heavy atom. The molecule has 0 saturated heterocycles. The highest BCUT2D eigenvalue weighted by atomic mass is 16.7. The van der Waals surface area contributed by atoms with Crippen molar-refractivity contribution in [2.45, 2.75) is 12.5 Å². The molecule has 2 rings (SSSR count). The van der Waals surface area contributed by atoms with E-state index >= 15 is 0 Å². The van der Waals surface area contributed by atoms with Crippen LogP contribution in [0.3, 0.4) is 0 Å². The minimum Gasteiger partial charge on any atom is -0.366 e. The smallest absolute Gasteiger partial charge is 0.358 e. The molecule has 0 fully saturated rings. The quantitative estimate of drug-likeness (QED) is 0.651. The number of rotatable bonds is 6. The Morgan fingerprint density at radius 3 is 2.81 bits per heavy atom. The molecule has 1 aromatic carbocycles. The van der Waals surface area contributed by atoms with E-state index in [0.29, 0.717) is 12.0 Å². The average Bonchev–Trinajstić information content (AvgIpc) is 2.54. The molecule has 1 aromatic heterocycles. The maximum atomic E-state index is 11.8. The lowest BCUT2D eigenvalue weighted by atomic mass is 10.1. The average molecular weight is 283 g/mol. The molecule has 0 saturated carbocycles. The van der Waals surface area contributed by atoms with E-state index in [1.807, 2.05) is 30.3 Å². The van der Waals surface area contributed by atoms with Gasteiger partial charge in [-0.1, -0.05) is 30.3 Å². The van der Waals surface area contributed by atoms with E-state index in [0.717, 1.165) is 5.56 Å². The SMILES string of the molecule is CN=C[C@@H](Cc1ccccc1)NOC(=O)c1cccnc1. The highest BCUT2D eigenvalue weighted by molar-refractivity contribution is 5.88. The van der Waals surface area contributed by atoms with Crippen LogP contribution in [0.1, 0.15) is 15.9 Å². The third-order valence-electron chi connectivity index (χ3n) is 2.83. The summed E-state index contributed by atoms with van der Waals surface area (Å²) in [5, 5.41) is 0. The zero-order valence-electron chi connectivity index (χ0n) is 11.8. The predicted octanol–water partition coefficient (Wildman–Crippen LogP) is 2.05. The zero-order valence-corrected chi connectivity index (χ0v) is 11.8. The number of aliphatic imine (C=N–C) groups is 1. The molecule has 0 aliphatic carbocycles. The van der Waals surface area contributed by atoms with Crippen LogP contribution >= 0.6 is 0 Å². The van der Waals surface area contributed by atoms with Crippen molar-refractivity contribution in [2.75, 3.05) is 7.05 Å². The molecule has 5 nitrogen and oxygen atoms in total. The Kier molecular flexibility index (Phi) is 5.60. The molecule has 0 radical (unpaired) electrons. The molecule has 0 unspecified atom stereocenters. The summed E-state index contributed by atoms with van der Waals surface area (Å²) in [7, 11) is 1.68. The molecule has 0 spiro atoms. The van der Waals surface area contributed by atoms with Gasteiger partial charge in [0.2, 0.25) is 0 Å². The van der Waals surface area contributed by atoms with Crippen molar-refractivity contribution in [3.8, 4) is 0 Å². The first-order chi connectivity index (χ1) is 10.3. The van der Waals surface area contributed by atoms with Gasteiger partial charge < -0.3 is 4.84 Å². The Labute approximate surface area is 123 Å². The predicted molar refractivity (Wildman–Crippen MR) is 81.1 cm³/mol. The maximum Gasteiger partial charge on any atom is 0.358 e. The number of hydrogen-bond acceptors (Lipinski definition) is 5. The zero-order chi connectivity index (χ0) is 14.9. The highest BCUT2D eigenvalue weighted by Crippen LogP contribution is 2.03. The van der Waals surface area contributed by atoms with Crippen LogP contribution in [0.25, 0.3) is 0 Å². The van der Waals surface area contributed by atoms with E-state index < -0.39 is 5.97 Å². The number of carbonyl (C=O) groups is 1. The normalized spacial score (nSPS) is 12.2. The molecule has 5 heteroatoms. The minimum absolute atomic E-state index is 0.182. The van der Waals surface area contributed by atoms with Crippen LogP contribution in [0.2, 0.25) is 0 Å². The van der Waals surface area contributed by atoms with Crippen LogP contribution in [0.15, 0.2) is 59.9 Å². The van der Waals surface area contributed by atoms with Crippen molar-refractivity contribution in [3.63, 3.8) is 0 Å². The third-order valence-corrected chi connectivity index (χ3v) is 2.83. The van der Waals surface area contributed by atoms with Crippen molar-refractivity contribution in [1.29, 1.82) is 0 Å². The molecule has 0 aliphatic rings. The summed E-state index contributed by atoms with van der Waals surface area (Å²) in [5.41, 5.74) is 4.27. The summed E-state index contributed by atoms with van der Waals surface area (Å²) in [5.74, 6) is -0.467. The van der Waals surface area contributed by atoms with Crippen LogP contribution in [0, 0.1) is 0 Å². The molecule has 21 heavy (non-hydrogen) atoms. The van der Waals surface area contributed by atoms with Gasteiger partial charge in [0.15, 0.2) is 0 Å². The van der Waals surface area contributed by atoms with Gasteiger partial charge >= 0.3 is 5.97 Å². The van der Waals surface area contributed by atoms with E-state index in [1.54, 1.807) is 31.6 Å². The number of pyridine rings is 1. The summed E-state index contributed by atoms with van der Waals surface area (Å²) in [6, 6.07) is 13.1. The highest BCUT2D eigenvalue weighted by Gasteiger charge is 2.12. The second-order valence-electron chi connectivity index (χ2n) is 4.45. The molecular formula is C16H17N3O2. The molecule has 2 aromatic rings. The fourth-order valence-corrected chi connectivity index (χ4v) is 1.84. The van der Waals surface area contributed by atoms with Gasteiger partial charge in [-0.25, -0.2) is 4.79 Å². The van der Waals surface area contributed by atoms with Crippen LogP contribution in [-0.4, -0.2) is 30.3 Å². The number of nitrogens with zero attached hydrogens (tertiary/aromatic N) is 2. The van der Waals surface area contributed by atoms with Gasteiger partial charge in [0.1, 0.15) is 0 Å². The Balaban J connectivity index is 1.93. The van der Waals surface area contributed by atoms with E-state index in [4.69, 9.17) is 4.84 Å². The molecule has 0 amide bonds. The number of aromatic nitrogens is 1. The first-order valence-corrected chi connectivity index (χ1v) is 6.62. The van der Waals surface area contributed by atoms with Gasteiger partial charge in [-0.3, -0.25) is 9.98 Å². The molecule has 0 aliphatic heterocycles. The lowest BCUT2D eigenvalue weighted by Gasteiger charge is -2.14. The monoisotopic (exact) mass is 283 g/mol. The van der Waals surface area contributed by atoms with Crippen LogP contribution < -0.4 is 5.48 Å². The van der Waals surface area contributed by atoms with Crippen LogP contribution in [0.5, 0.6) is 0 Å². The molecule has 0 bridgehead atoms. The molecule has 1 atom stereocenters. The van der Waals surface area contributed by atoms with E-state index in [-0.39, 0.29) is 6.04 Å². The lowest BCUT2D eigenvalue weighted by molar-refractivity contribution is 0.0216. The Bertz CT molecular complexity index is 585. The van der Waals surface area contributed by atoms with E-state index in [2.05, 4.69) is 15.5 Å². The Morgan fingerprint density at radius 1 is 1.33 bits per heavy atom. The largest absolute Gasteiger partial charge is 0.366 e. The minimum atomic E-state index is -0.467. The first-order valence-electron chi connectivity index (χ1n) is 6.62. The van der Waals surface area contributed by atoms with E-state index in [1.165, 1.54) is 6.20 Å². The number of hydrogen-bond donors (Lipinski definition) is 1. The summed E-state index contributed by atoms with van der Waals surface area (Å²) in [6.07, 6.45) is 5.46. The topological polar surface area (TPSA) is 63.6 Å².